The molecule has 1 saturated heterocycles. The van der Waals surface area contributed by atoms with Crippen LogP contribution in [0.1, 0.15) is 18.4 Å². The number of carbonyl (C=O) groups is 1. The number of carbonyl (C=O) groups excluding carboxylic acids is 1. The molecule has 2 heterocycles. The summed E-state index contributed by atoms with van der Waals surface area (Å²) in [6.07, 6.45) is 2.43. The van der Waals surface area contributed by atoms with Crippen molar-refractivity contribution in [2.75, 3.05) is 6.61 Å². The minimum Gasteiger partial charge on any atom is -0.465 e. The minimum atomic E-state index is -0.384. The van der Waals surface area contributed by atoms with Crippen molar-refractivity contribution in [2.45, 2.75) is 19.3 Å². The summed E-state index contributed by atoms with van der Waals surface area (Å²) in [5.41, 5.74) is 2.02. The maximum absolute atomic E-state index is 12.4. The Morgan fingerprint density at radius 1 is 1.48 bits per heavy atom. The van der Waals surface area contributed by atoms with E-state index in [9.17, 15) is 4.79 Å². The summed E-state index contributed by atoms with van der Waals surface area (Å²) in [6, 6.07) is 5.95. The number of benzene rings is 1. The number of esters is 1. The summed E-state index contributed by atoms with van der Waals surface area (Å²) < 4.78 is 6.53. The SMILES string of the molecule is C=C1CC2COC(=O)C2(Cc2csc3cc(Cl)ccc23)C1. The first-order valence-electron chi connectivity index (χ1n) is 7.08. The van der Waals surface area contributed by atoms with E-state index < -0.39 is 0 Å². The van der Waals surface area contributed by atoms with Gasteiger partial charge >= 0.3 is 5.97 Å². The molecule has 1 aliphatic carbocycles. The number of halogens is 1. The number of cyclic esters (lactones) is 1. The molecule has 0 bridgehead atoms. The van der Waals surface area contributed by atoms with Crippen LogP contribution in [0.3, 0.4) is 0 Å². The second-order valence-electron chi connectivity index (χ2n) is 6.16. The van der Waals surface area contributed by atoms with Gasteiger partial charge in [0, 0.05) is 15.6 Å². The molecule has 2 aliphatic rings. The number of thiophene rings is 1. The lowest BCUT2D eigenvalue weighted by Crippen LogP contribution is -2.31. The smallest absolute Gasteiger partial charge is 0.313 e. The average molecular weight is 319 g/mol. The molecule has 1 aromatic heterocycles. The molecule has 1 aliphatic heterocycles. The van der Waals surface area contributed by atoms with Gasteiger partial charge in [0.05, 0.1) is 12.0 Å². The molecule has 0 amide bonds. The lowest BCUT2D eigenvalue weighted by atomic mass is 9.75. The van der Waals surface area contributed by atoms with E-state index >= 15 is 0 Å². The summed E-state index contributed by atoms with van der Waals surface area (Å²) in [4.78, 5) is 12.4. The van der Waals surface area contributed by atoms with Gasteiger partial charge in [-0.1, -0.05) is 29.8 Å². The van der Waals surface area contributed by atoms with Crippen LogP contribution in [-0.4, -0.2) is 12.6 Å². The van der Waals surface area contributed by atoms with Crippen LogP contribution in [0, 0.1) is 11.3 Å². The number of hydrogen-bond donors (Lipinski definition) is 0. The fourth-order valence-electron chi connectivity index (χ4n) is 3.80. The van der Waals surface area contributed by atoms with Gasteiger partial charge in [0.2, 0.25) is 0 Å². The van der Waals surface area contributed by atoms with Gasteiger partial charge in [-0.05, 0) is 47.7 Å². The van der Waals surface area contributed by atoms with Gasteiger partial charge in [-0.3, -0.25) is 4.79 Å². The van der Waals surface area contributed by atoms with Crippen molar-refractivity contribution in [2.24, 2.45) is 11.3 Å². The van der Waals surface area contributed by atoms with E-state index in [-0.39, 0.29) is 11.4 Å². The Bertz CT molecular complexity index is 763. The Balaban J connectivity index is 1.76. The van der Waals surface area contributed by atoms with Gasteiger partial charge in [-0.2, -0.15) is 0 Å². The van der Waals surface area contributed by atoms with Gasteiger partial charge in [-0.25, -0.2) is 0 Å². The van der Waals surface area contributed by atoms with Crippen LogP contribution in [0.4, 0.5) is 0 Å². The highest BCUT2D eigenvalue weighted by atomic mass is 35.5. The maximum atomic E-state index is 12.4. The summed E-state index contributed by atoms with van der Waals surface area (Å²) in [6.45, 7) is 4.64. The van der Waals surface area contributed by atoms with Crippen LogP contribution in [0.25, 0.3) is 10.1 Å². The number of rotatable bonds is 2. The van der Waals surface area contributed by atoms with E-state index in [1.165, 1.54) is 21.2 Å². The number of fused-ring (bicyclic) bond motifs is 2. The fourth-order valence-corrected chi connectivity index (χ4v) is 5.03. The molecule has 21 heavy (non-hydrogen) atoms. The van der Waals surface area contributed by atoms with Crippen molar-refractivity contribution >= 4 is 39.0 Å². The third-order valence-corrected chi connectivity index (χ3v) is 6.06. The topological polar surface area (TPSA) is 26.3 Å². The van der Waals surface area contributed by atoms with Crippen molar-refractivity contribution in [1.29, 1.82) is 0 Å². The molecular weight excluding hydrogens is 304 g/mol. The quantitative estimate of drug-likeness (QED) is 0.597. The van der Waals surface area contributed by atoms with Crippen LogP contribution >= 0.6 is 22.9 Å². The monoisotopic (exact) mass is 318 g/mol. The van der Waals surface area contributed by atoms with Gasteiger partial charge in [0.25, 0.3) is 0 Å². The average Bonchev–Trinajstić information content (AvgIpc) is 3.05. The summed E-state index contributed by atoms with van der Waals surface area (Å²) >= 11 is 7.73. The Kier molecular flexibility index (Phi) is 2.92. The molecule has 2 aromatic rings. The molecule has 2 atom stereocenters. The predicted molar refractivity (Wildman–Crippen MR) is 85.8 cm³/mol. The highest BCUT2D eigenvalue weighted by Crippen LogP contribution is 2.53. The first kappa shape index (κ1) is 13.4. The van der Waals surface area contributed by atoms with E-state index in [1.807, 2.05) is 12.1 Å². The molecule has 1 saturated carbocycles. The number of ether oxygens (including phenoxy) is 1. The van der Waals surface area contributed by atoms with Crippen LogP contribution < -0.4 is 0 Å². The summed E-state index contributed by atoms with van der Waals surface area (Å²) in [7, 11) is 0. The lowest BCUT2D eigenvalue weighted by Gasteiger charge is -2.23. The Morgan fingerprint density at radius 3 is 3.19 bits per heavy atom. The first-order chi connectivity index (χ1) is 10.1. The zero-order valence-corrected chi connectivity index (χ0v) is 13.1. The third-order valence-electron chi connectivity index (χ3n) is 4.83. The molecule has 0 radical (unpaired) electrons. The molecule has 0 N–H and O–H groups in total. The molecule has 2 nitrogen and oxygen atoms in total. The largest absolute Gasteiger partial charge is 0.465 e. The Labute approximate surface area is 132 Å². The molecule has 108 valence electrons. The highest BCUT2D eigenvalue weighted by Gasteiger charge is 2.56. The van der Waals surface area contributed by atoms with Crippen molar-refractivity contribution in [1.82, 2.24) is 0 Å². The number of hydrogen-bond acceptors (Lipinski definition) is 3. The van der Waals surface area contributed by atoms with Crippen LogP contribution in [-0.2, 0) is 16.0 Å². The zero-order valence-electron chi connectivity index (χ0n) is 11.5. The molecular formula is C17H15ClO2S. The molecule has 4 rings (SSSR count). The van der Waals surface area contributed by atoms with Gasteiger partial charge in [0.15, 0.2) is 0 Å². The molecule has 4 heteroatoms. The highest BCUT2D eigenvalue weighted by molar-refractivity contribution is 7.17. The van der Waals surface area contributed by atoms with Crippen molar-refractivity contribution in [3.05, 3.63) is 46.3 Å². The second kappa shape index (κ2) is 4.59. The van der Waals surface area contributed by atoms with Crippen LogP contribution in [0.15, 0.2) is 35.7 Å². The molecule has 1 aromatic carbocycles. The Morgan fingerprint density at radius 2 is 2.33 bits per heavy atom. The molecule has 0 spiro atoms. The molecule has 2 unspecified atom stereocenters. The third kappa shape index (κ3) is 1.95. The van der Waals surface area contributed by atoms with E-state index in [0.29, 0.717) is 12.5 Å². The second-order valence-corrected chi connectivity index (χ2v) is 7.51. The van der Waals surface area contributed by atoms with Crippen molar-refractivity contribution in [3.8, 4) is 0 Å². The standard InChI is InChI=1S/C17H15ClO2S/c1-10-4-12-8-20-16(19)17(12,6-10)7-11-9-21-15-5-13(18)2-3-14(11)15/h2-3,5,9,12H,1,4,6-8H2. The van der Waals surface area contributed by atoms with Gasteiger partial charge in [0.1, 0.15) is 0 Å². The maximum Gasteiger partial charge on any atom is 0.313 e. The fraction of sp³-hybridized carbons (Fsp3) is 0.353. The first-order valence-corrected chi connectivity index (χ1v) is 8.34. The van der Waals surface area contributed by atoms with Crippen LogP contribution in [0.5, 0.6) is 0 Å². The lowest BCUT2D eigenvalue weighted by molar-refractivity contribution is -0.146. The Hall–Kier alpha value is -1.32. The van der Waals surface area contributed by atoms with E-state index in [0.717, 1.165) is 24.3 Å². The normalized spacial score (nSPS) is 28.1. The minimum absolute atomic E-state index is 0.0422. The summed E-state index contributed by atoms with van der Waals surface area (Å²) in [5.74, 6) is 0.249. The molecule has 2 fully saturated rings. The van der Waals surface area contributed by atoms with Crippen LogP contribution in [0.2, 0.25) is 5.02 Å². The van der Waals surface area contributed by atoms with Crippen molar-refractivity contribution < 1.29 is 9.53 Å². The summed E-state index contributed by atoms with van der Waals surface area (Å²) in [5, 5.41) is 4.11. The zero-order chi connectivity index (χ0) is 14.6. The predicted octanol–water partition coefficient (Wildman–Crippen LogP) is 4.61. The van der Waals surface area contributed by atoms with E-state index in [2.05, 4.69) is 18.0 Å². The van der Waals surface area contributed by atoms with E-state index in [1.54, 1.807) is 11.3 Å². The van der Waals surface area contributed by atoms with Gasteiger partial charge < -0.3 is 4.74 Å². The van der Waals surface area contributed by atoms with Crippen molar-refractivity contribution in [3.63, 3.8) is 0 Å². The number of allylic oxidation sites excluding steroid dienone is 1. The van der Waals surface area contributed by atoms with E-state index in [4.69, 9.17) is 16.3 Å². The van der Waals surface area contributed by atoms with Gasteiger partial charge in [-0.15, -0.1) is 11.3 Å².